The largest absolute Gasteiger partial charge is 0.522 e. The van der Waals surface area contributed by atoms with Crippen molar-refractivity contribution in [3.8, 4) is 5.75 Å². The Balaban J connectivity index is 1.40. The maximum absolute atomic E-state index is 14.4. The zero-order valence-electron chi connectivity index (χ0n) is 17.4. The minimum Gasteiger partial charge on any atom is -0.488 e. The average molecular weight is 475 g/mol. The van der Waals surface area contributed by atoms with Crippen molar-refractivity contribution in [1.82, 2.24) is 4.90 Å². The number of aliphatic hydroxyl groups is 1. The molecule has 0 spiro atoms. The molecule has 2 fully saturated rings. The number of piperidine rings is 1. The Morgan fingerprint density at radius 2 is 1.97 bits per heavy atom. The van der Waals surface area contributed by atoms with Crippen molar-refractivity contribution in [3.05, 3.63) is 65.2 Å². The molecule has 0 aliphatic carbocycles. The summed E-state index contributed by atoms with van der Waals surface area (Å²) in [7, 11) is 0. The molecule has 2 aromatic rings. The van der Waals surface area contributed by atoms with Gasteiger partial charge in [-0.05, 0) is 41.8 Å². The van der Waals surface area contributed by atoms with Crippen LogP contribution in [0.25, 0.3) is 0 Å². The smallest absolute Gasteiger partial charge is 0.488 e. The summed E-state index contributed by atoms with van der Waals surface area (Å²) in [6.07, 6.45) is -6.01. The van der Waals surface area contributed by atoms with E-state index in [0.717, 1.165) is 6.07 Å². The summed E-state index contributed by atoms with van der Waals surface area (Å²) in [5.41, 5.74) is 0.0597. The van der Waals surface area contributed by atoms with Crippen molar-refractivity contribution in [2.24, 2.45) is 0 Å². The third-order valence-electron chi connectivity index (χ3n) is 5.80. The molecule has 11 heteroatoms. The van der Waals surface area contributed by atoms with E-state index >= 15 is 0 Å². The Morgan fingerprint density at radius 1 is 1.15 bits per heavy atom. The Kier molecular flexibility index (Phi) is 6.87. The van der Waals surface area contributed by atoms with Crippen molar-refractivity contribution < 1.29 is 46.0 Å². The first-order chi connectivity index (χ1) is 15.7. The second-order valence-electron chi connectivity index (χ2n) is 7.77. The highest BCUT2D eigenvalue weighted by molar-refractivity contribution is 5.31. The second-order valence-corrected chi connectivity index (χ2v) is 7.77. The van der Waals surface area contributed by atoms with Crippen LogP contribution >= 0.6 is 0 Å². The van der Waals surface area contributed by atoms with Crippen LogP contribution in [0.1, 0.15) is 23.8 Å². The molecule has 0 radical (unpaired) electrons. The molecular weight excluding hydrogens is 453 g/mol. The van der Waals surface area contributed by atoms with E-state index in [1.165, 1.54) is 24.3 Å². The fourth-order valence-electron chi connectivity index (χ4n) is 4.20. The summed E-state index contributed by atoms with van der Waals surface area (Å²) in [6.45, 7) is -0.619. The van der Waals surface area contributed by atoms with Crippen molar-refractivity contribution >= 4 is 0 Å². The van der Waals surface area contributed by atoms with Crippen molar-refractivity contribution in [3.63, 3.8) is 0 Å². The van der Waals surface area contributed by atoms with E-state index in [1.54, 1.807) is 17.0 Å². The first-order valence-electron chi connectivity index (χ1n) is 10.2. The monoisotopic (exact) mass is 475 g/mol. The number of rotatable bonds is 7. The van der Waals surface area contributed by atoms with Crippen molar-refractivity contribution in [1.29, 1.82) is 0 Å². The molecule has 180 valence electrons. The topological polar surface area (TPSA) is 60.4 Å². The summed E-state index contributed by atoms with van der Waals surface area (Å²) in [4.78, 5) is 1.68. The van der Waals surface area contributed by atoms with Crippen LogP contribution < -0.4 is 4.74 Å². The molecule has 2 aliphatic heterocycles. The number of fused-ring (bicyclic) bond motifs is 1. The Morgan fingerprint density at radius 3 is 2.70 bits per heavy atom. The van der Waals surface area contributed by atoms with Crippen molar-refractivity contribution in [2.45, 2.75) is 30.7 Å². The number of hydrogen-bond acceptors (Lipinski definition) is 6. The summed E-state index contributed by atoms with van der Waals surface area (Å²) < 4.78 is 84.2. The van der Waals surface area contributed by atoms with E-state index < -0.39 is 43.3 Å². The number of halogens is 5. The number of hydrogen-bond donors (Lipinski definition) is 1. The Bertz CT molecular complexity index is 974. The standard InChI is InChI=1S/C22H22F5NO5/c23-16-3-1-2-15(11-16)21-6-7-28(12-19(21)31-13-33-21)20(29)14-4-5-18(17(24)10-14)30-8-9-32-22(25,26)27/h1-5,10-11,19-20,29H,6-9,12-13H2. The van der Waals surface area contributed by atoms with Crippen LogP contribution in [0.5, 0.6) is 5.75 Å². The van der Waals surface area contributed by atoms with Crippen LogP contribution in [0.15, 0.2) is 42.5 Å². The van der Waals surface area contributed by atoms with Gasteiger partial charge in [0.05, 0.1) is 6.61 Å². The third-order valence-corrected chi connectivity index (χ3v) is 5.80. The molecule has 2 aromatic carbocycles. The molecular formula is C22H22F5NO5. The zero-order valence-corrected chi connectivity index (χ0v) is 17.4. The quantitative estimate of drug-likeness (QED) is 0.485. The SMILES string of the molecule is OC(c1ccc(OCCOC(F)(F)F)c(F)c1)N1CCC2(c3cccc(F)c3)OCOC2C1. The maximum Gasteiger partial charge on any atom is 0.522 e. The highest BCUT2D eigenvalue weighted by atomic mass is 19.4. The molecule has 0 amide bonds. The van der Waals surface area contributed by atoms with E-state index in [4.69, 9.17) is 14.2 Å². The lowest BCUT2D eigenvalue weighted by atomic mass is 9.82. The Hall–Kier alpha value is -2.31. The van der Waals surface area contributed by atoms with Crippen LogP contribution in [0.4, 0.5) is 22.0 Å². The van der Waals surface area contributed by atoms with E-state index in [9.17, 15) is 27.1 Å². The van der Waals surface area contributed by atoms with Crippen LogP contribution in [-0.2, 0) is 19.8 Å². The average Bonchev–Trinajstić information content (AvgIpc) is 3.21. The fourth-order valence-corrected chi connectivity index (χ4v) is 4.20. The summed E-state index contributed by atoms with van der Waals surface area (Å²) in [5.74, 6) is -1.47. The Labute approximate surface area is 186 Å². The van der Waals surface area contributed by atoms with Gasteiger partial charge in [-0.3, -0.25) is 9.64 Å². The zero-order chi connectivity index (χ0) is 23.6. The summed E-state index contributed by atoms with van der Waals surface area (Å²) in [6, 6.07) is 9.83. The molecule has 1 N–H and O–H groups in total. The molecule has 2 heterocycles. The van der Waals surface area contributed by atoms with Crippen LogP contribution in [0.2, 0.25) is 0 Å². The molecule has 0 bridgehead atoms. The van der Waals surface area contributed by atoms with E-state index in [2.05, 4.69) is 4.74 Å². The normalized spacial score (nSPS) is 24.5. The molecule has 0 saturated carbocycles. The lowest BCUT2D eigenvalue weighted by molar-refractivity contribution is -0.325. The van der Waals surface area contributed by atoms with E-state index in [1.807, 2.05) is 0 Å². The summed E-state index contributed by atoms with van der Waals surface area (Å²) in [5, 5.41) is 10.8. The number of likely N-dealkylation sites (tertiary alicyclic amines) is 1. The molecule has 0 aromatic heterocycles. The highest BCUT2D eigenvalue weighted by Gasteiger charge is 2.51. The first kappa shape index (κ1) is 23.8. The number of benzene rings is 2. The number of alkyl halides is 3. The lowest BCUT2D eigenvalue weighted by Gasteiger charge is -2.43. The van der Waals surface area contributed by atoms with E-state index in [-0.39, 0.29) is 30.5 Å². The van der Waals surface area contributed by atoms with Gasteiger partial charge in [-0.2, -0.15) is 0 Å². The minimum absolute atomic E-state index is 0.0316. The van der Waals surface area contributed by atoms with Gasteiger partial charge in [-0.15, -0.1) is 13.2 Å². The van der Waals surface area contributed by atoms with Gasteiger partial charge in [0.15, 0.2) is 11.6 Å². The third kappa shape index (κ3) is 5.28. The predicted octanol–water partition coefficient (Wildman–Crippen LogP) is 3.85. The maximum atomic E-state index is 14.4. The van der Waals surface area contributed by atoms with Crippen LogP contribution in [0.3, 0.4) is 0 Å². The summed E-state index contributed by atoms with van der Waals surface area (Å²) >= 11 is 0. The van der Waals surface area contributed by atoms with Gasteiger partial charge in [0.2, 0.25) is 0 Å². The van der Waals surface area contributed by atoms with Crippen LogP contribution in [-0.4, -0.2) is 55.6 Å². The first-order valence-corrected chi connectivity index (χ1v) is 10.2. The molecule has 33 heavy (non-hydrogen) atoms. The molecule has 6 nitrogen and oxygen atoms in total. The highest BCUT2D eigenvalue weighted by Crippen LogP contribution is 2.44. The molecule has 3 atom stereocenters. The van der Waals surface area contributed by atoms with Gasteiger partial charge in [-0.1, -0.05) is 18.2 Å². The fraction of sp³-hybridized carbons (Fsp3) is 0.455. The minimum atomic E-state index is -4.79. The van der Waals surface area contributed by atoms with Crippen LogP contribution in [0, 0.1) is 11.6 Å². The molecule has 2 aliphatic rings. The van der Waals surface area contributed by atoms with Gasteiger partial charge in [-0.25, -0.2) is 8.78 Å². The van der Waals surface area contributed by atoms with Gasteiger partial charge >= 0.3 is 6.36 Å². The van der Waals surface area contributed by atoms with E-state index in [0.29, 0.717) is 18.5 Å². The van der Waals surface area contributed by atoms with Gasteiger partial charge in [0.1, 0.15) is 37.1 Å². The van der Waals surface area contributed by atoms with Gasteiger partial charge in [0.25, 0.3) is 0 Å². The van der Waals surface area contributed by atoms with Gasteiger partial charge in [0, 0.05) is 13.1 Å². The number of aliphatic hydroxyl groups excluding tert-OH is 1. The molecule has 2 saturated heterocycles. The molecule has 4 rings (SSSR count). The van der Waals surface area contributed by atoms with Crippen molar-refractivity contribution in [2.75, 3.05) is 33.1 Å². The molecule has 3 unspecified atom stereocenters. The number of ether oxygens (including phenoxy) is 4. The number of nitrogens with zero attached hydrogens (tertiary/aromatic N) is 1. The van der Waals surface area contributed by atoms with Gasteiger partial charge < -0.3 is 19.3 Å². The predicted molar refractivity (Wildman–Crippen MR) is 104 cm³/mol. The second kappa shape index (κ2) is 9.51. The lowest BCUT2D eigenvalue weighted by Crippen LogP contribution is -2.52.